The van der Waals surface area contributed by atoms with E-state index in [0.717, 1.165) is 52.2 Å². The molecule has 0 spiro atoms. The van der Waals surface area contributed by atoms with Gasteiger partial charge in [-0.15, -0.1) is 11.3 Å². The van der Waals surface area contributed by atoms with Crippen molar-refractivity contribution in [3.8, 4) is 10.7 Å². The molecule has 5 rings (SSSR count). The summed E-state index contributed by atoms with van der Waals surface area (Å²) in [5.74, 6) is 1.73. The van der Waals surface area contributed by atoms with E-state index < -0.39 is 0 Å². The van der Waals surface area contributed by atoms with Crippen molar-refractivity contribution in [1.29, 1.82) is 0 Å². The third-order valence-corrected chi connectivity index (χ3v) is 6.48. The average molecular weight is 419 g/mol. The van der Waals surface area contributed by atoms with E-state index in [0.29, 0.717) is 13.1 Å². The van der Waals surface area contributed by atoms with Crippen molar-refractivity contribution >= 4 is 34.2 Å². The van der Waals surface area contributed by atoms with E-state index in [2.05, 4.69) is 32.4 Å². The number of anilines is 1. The Morgan fingerprint density at radius 2 is 1.77 bits per heavy atom. The maximum Gasteiger partial charge on any atom is 0.264 e. The molecule has 1 saturated heterocycles. The lowest BCUT2D eigenvalue weighted by Gasteiger charge is -2.34. The van der Waals surface area contributed by atoms with Gasteiger partial charge in [0.05, 0.1) is 20.8 Å². The number of hydrogen-bond acceptors (Lipinski definition) is 6. The van der Waals surface area contributed by atoms with Crippen LogP contribution in [0, 0.1) is 0 Å². The van der Waals surface area contributed by atoms with Crippen molar-refractivity contribution in [3.63, 3.8) is 0 Å². The number of piperazine rings is 1. The molecular weight excluding hydrogens is 396 g/mol. The maximum absolute atomic E-state index is 13.1. The Morgan fingerprint density at radius 1 is 1.00 bits per heavy atom. The molecule has 3 aromatic heterocycles. The fraction of sp³-hybridized carbons (Fsp3) is 0.273. The summed E-state index contributed by atoms with van der Waals surface area (Å²) in [5, 5.41) is 0. The molecular formula is C22H22N6OS. The molecule has 0 atom stereocenters. The molecule has 4 aromatic rings. The summed E-state index contributed by atoms with van der Waals surface area (Å²) in [5.41, 5.74) is 2.10. The van der Waals surface area contributed by atoms with Gasteiger partial charge in [-0.05, 0) is 37.3 Å². The summed E-state index contributed by atoms with van der Waals surface area (Å²) < 4.78 is 2.20. The third-order valence-electron chi connectivity index (χ3n) is 5.41. The second-order valence-corrected chi connectivity index (χ2v) is 8.24. The Kier molecular flexibility index (Phi) is 4.92. The van der Waals surface area contributed by atoms with Gasteiger partial charge in [-0.3, -0.25) is 4.79 Å². The van der Waals surface area contributed by atoms with E-state index in [1.807, 2.05) is 41.3 Å². The molecule has 0 N–H and O–H groups in total. The van der Waals surface area contributed by atoms with Crippen LogP contribution >= 0.6 is 11.3 Å². The topological polar surface area (TPSA) is 67.2 Å². The molecule has 0 unspecified atom stereocenters. The van der Waals surface area contributed by atoms with Gasteiger partial charge in [0.15, 0.2) is 5.82 Å². The number of amides is 1. The van der Waals surface area contributed by atoms with Gasteiger partial charge >= 0.3 is 0 Å². The minimum Gasteiger partial charge on any atom is -0.337 e. The molecule has 1 aromatic carbocycles. The summed E-state index contributed by atoms with van der Waals surface area (Å²) in [6.45, 7) is 5.75. The molecule has 1 aliphatic heterocycles. The fourth-order valence-electron chi connectivity index (χ4n) is 3.88. The second kappa shape index (κ2) is 7.87. The minimum absolute atomic E-state index is 0.0824. The van der Waals surface area contributed by atoms with Crippen molar-refractivity contribution in [1.82, 2.24) is 24.4 Å². The number of rotatable bonds is 4. The Hall–Kier alpha value is -3.26. The smallest absolute Gasteiger partial charge is 0.264 e. The summed E-state index contributed by atoms with van der Waals surface area (Å²) in [6, 6.07) is 13.9. The zero-order valence-electron chi connectivity index (χ0n) is 16.7. The predicted molar refractivity (Wildman–Crippen MR) is 119 cm³/mol. The predicted octanol–water partition coefficient (Wildman–Crippen LogP) is 3.54. The lowest BCUT2D eigenvalue weighted by molar-refractivity contribution is 0.0751. The number of thiophene rings is 1. The van der Waals surface area contributed by atoms with Crippen LogP contribution in [0.5, 0.6) is 0 Å². The van der Waals surface area contributed by atoms with Gasteiger partial charge in [0.25, 0.3) is 5.91 Å². The number of hydrogen-bond donors (Lipinski definition) is 0. The highest BCUT2D eigenvalue weighted by Gasteiger charge is 2.25. The Morgan fingerprint density at radius 3 is 2.53 bits per heavy atom. The molecule has 30 heavy (non-hydrogen) atoms. The first-order valence-electron chi connectivity index (χ1n) is 10.1. The third kappa shape index (κ3) is 3.33. The zero-order chi connectivity index (χ0) is 20.5. The quantitative estimate of drug-likeness (QED) is 0.507. The zero-order valence-corrected chi connectivity index (χ0v) is 17.5. The number of aryl methyl sites for hydroxylation is 1. The first-order chi connectivity index (χ1) is 14.7. The second-order valence-electron chi connectivity index (χ2n) is 7.16. The fourth-order valence-corrected chi connectivity index (χ4v) is 4.85. The number of aromatic nitrogens is 4. The summed E-state index contributed by atoms with van der Waals surface area (Å²) in [4.78, 5) is 32.3. The van der Waals surface area contributed by atoms with Gasteiger partial charge in [0, 0.05) is 45.1 Å². The molecule has 8 heteroatoms. The van der Waals surface area contributed by atoms with Gasteiger partial charge < -0.3 is 14.4 Å². The monoisotopic (exact) mass is 418 g/mol. The Balaban J connectivity index is 1.33. The molecule has 152 valence electrons. The molecule has 1 amide bonds. The molecule has 0 saturated carbocycles. The van der Waals surface area contributed by atoms with Crippen LogP contribution < -0.4 is 4.90 Å². The van der Waals surface area contributed by atoms with Gasteiger partial charge in [-0.25, -0.2) is 15.0 Å². The van der Waals surface area contributed by atoms with Crippen molar-refractivity contribution in [2.75, 3.05) is 31.1 Å². The van der Waals surface area contributed by atoms with Crippen LogP contribution in [0.1, 0.15) is 16.6 Å². The van der Waals surface area contributed by atoms with E-state index in [1.54, 1.807) is 12.4 Å². The highest BCUT2D eigenvalue weighted by atomic mass is 32.1. The van der Waals surface area contributed by atoms with E-state index in [1.165, 1.54) is 11.3 Å². The first-order valence-corrected chi connectivity index (χ1v) is 10.9. The van der Waals surface area contributed by atoms with Crippen LogP contribution in [0.4, 0.5) is 5.95 Å². The van der Waals surface area contributed by atoms with E-state index in [-0.39, 0.29) is 5.91 Å². The maximum atomic E-state index is 13.1. The number of carbonyl (C=O) groups excluding carboxylic acids is 1. The Bertz CT molecular complexity index is 1180. The SMILES string of the molecule is CCn1c(-c2ccc(C(=O)N3CCN(c4ncccn4)CC3)s2)nc2ccccc21. The number of carbonyl (C=O) groups is 1. The van der Waals surface area contributed by atoms with E-state index in [9.17, 15) is 4.79 Å². The number of para-hydroxylation sites is 2. The Labute approximate surface area is 178 Å². The number of nitrogens with zero attached hydrogens (tertiary/aromatic N) is 6. The molecule has 1 fully saturated rings. The van der Waals surface area contributed by atoms with Crippen molar-refractivity contribution in [3.05, 3.63) is 59.7 Å². The summed E-state index contributed by atoms with van der Waals surface area (Å²) >= 11 is 1.52. The number of benzene rings is 1. The standard InChI is InChI=1S/C22H22N6OS/c1-2-28-17-7-4-3-6-16(17)25-20(28)18-8-9-19(30-18)21(29)26-12-14-27(15-13-26)22-23-10-5-11-24-22/h3-11H,2,12-15H2,1H3. The molecule has 0 aliphatic carbocycles. The lowest BCUT2D eigenvalue weighted by Crippen LogP contribution is -2.49. The van der Waals surface area contributed by atoms with Crippen LogP contribution in [0.3, 0.4) is 0 Å². The van der Waals surface area contributed by atoms with Crippen LogP contribution in [0.2, 0.25) is 0 Å². The van der Waals surface area contributed by atoms with Crippen LogP contribution in [-0.4, -0.2) is 56.5 Å². The van der Waals surface area contributed by atoms with Crippen molar-refractivity contribution in [2.24, 2.45) is 0 Å². The van der Waals surface area contributed by atoms with Gasteiger partial charge in [-0.2, -0.15) is 0 Å². The van der Waals surface area contributed by atoms with E-state index >= 15 is 0 Å². The first kappa shape index (κ1) is 18.7. The van der Waals surface area contributed by atoms with Crippen molar-refractivity contribution < 1.29 is 4.79 Å². The molecule has 1 aliphatic rings. The van der Waals surface area contributed by atoms with E-state index in [4.69, 9.17) is 4.98 Å². The van der Waals surface area contributed by atoms with Crippen molar-refractivity contribution in [2.45, 2.75) is 13.5 Å². The largest absolute Gasteiger partial charge is 0.337 e. The summed E-state index contributed by atoms with van der Waals surface area (Å²) in [7, 11) is 0. The van der Waals surface area contributed by atoms with Crippen LogP contribution in [-0.2, 0) is 6.54 Å². The van der Waals surface area contributed by atoms with Gasteiger partial charge in [-0.1, -0.05) is 12.1 Å². The van der Waals surface area contributed by atoms with Crippen LogP contribution in [0.15, 0.2) is 54.9 Å². The number of fused-ring (bicyclic) bond motifs is 1. The lowest BCUT2D eigenvalue weighted by atomic mass is 10.3. The summed E-state index contributed by atoms with van der Waals surface area (Å²) in [6.07, 6.45) is 3.49. The molecule has 0 bridgehead atoms. The van der Waals surface area contributed by atoms with Gasteiger partial charge in [0.2, 0.25) is 5.95 Å². The number of imidazole rings is 1. The molecule has 0 radical (unpaired) electrons. The highest BCUT2D eigenvalue weighted by molar-refractivity contribution is 7.17. The van der Waals surface area contributed by atoms with Crippen LogP contribution in [0.25, 0.3) is 21.7 Å². The normalized spacial score (nSPS) is 14.4. The minimum atomic E-state index is 0.0824. The molecule has 4 heterocycles. The highest BCUT2D eigenvalue weighted by Crippen LogP contribution is 2.31. The molecule has 7 nitrogen and oxygen atoms in total. The van der Waals surface area contributed by atoms with Gasteiger partial charge in [0.1, 0.15) is 0 Å². The average Bonchev–Trinajstić information content (AvgIpc) is 3.44.